The third-order valence-electron chi connectivity index (χ3n) is 6.55. The summed E-state index contributed by atoms with van der Waals surface area (Å²) in [6.45, 7) is 5.47. The van der Waals surface area contributed by atoms with E-state index in [0.29, 0.717) is 43.1 Å². The zero-order valence-electron chi connectivity index (χ0n) is 19.5. The van der Waals surface area contributed by atoms with Crippen molar-refractivity contribution in [1.82, 2.24) is 8.87 Å². The molecule has 176 valence electrons. The lowest BCUT2D eigenvalue weighted by molar-refractivity contribution is -0.112. The highest BCUT2D eigenvalue weighted by atomic mass is 32.2. The summed E-state index contributed by atoms with van der Waals surface area (Å²) in [5, 5.41) is 0. The number of sulfonamides is 1. The number of benzene rings is 2. The highest BCUT2D eigenvalue weighted by Gasteiger charge is 2.33. The fourth-order valence-corrected chi connectivity index (χ4v) is 6.16. The zero-order valence-corrected chi connectivity index (χ0v) is 20.3. The number of amides is 1. The van der Waals surface area contributed by atoms with E-state index in [0.717, 1.165) is 22.6 Å². The number of rotatable bonds is 4. The third kappa shape index (κ3) is 3.68. The van der Waals surface area contributed by atoms with Gasteiger partial charge in [0.15, 0.2) is 0 Å². The standard InChI is InChI=1S/C26H27N3O4S/c1-18-15-20(19(2)29(18)21-7-5-4-6-8-21)16-24-23-17-22(9-10-25(23)27(3)26(24)30)34(31,32)28-11-13-33-14-12-28/h4-10,15-17H,11-14H2,1-3H3. The van der Waals surface area contributed by atoms with E-state index in [-0.39, 0.29) is 10.8 Å². The Balaban J connectivity index is 1.59. The van der Waals surface area contributed by atoms with Gasteiger partial charge in [0, 0.05) is 48.3 Å². The second-order valence-corrected chi connectivity index (χ2v) is 10.6. The van der Waals surface area contributed by atoms with Gasteiger partial charge in [-0.1, -0.05) is 18.2 Å². The van der Waals surface area contributed by atoms with Crippen molar-refractivity contribution in [2.45, 2.75) is 18.7 Å². The van der Waals surface area contributed by atoms with Crippen LogP contribution in [-0.4, -0.2) is 56.5 Å². The maximum Gasteiger partial charge on any atom is 0.258 e. The molecule has 1 aromatic heterocycles. The minimum Gasteiger partial charge on any atom is -0.379 e. The number of carbonyl (C=O) groups excluding carboxylic acids is 1. The van der Waals surface area contributed by atoms with Gasteiger partial charge >= 0.3 is 0 Å². The van der Waals surface area contributed by atoms with E-state index >= 15 is 0 Å². The molecule has 0 atom stereocenters. The highest BCUT2D eigenvalue weighted by Crippen LogP contribution is 2.39. The number of anilines is 1. The minimum absolute atomic E-state index is 0.152. The van der Waals surface area contributed by atoms with Crippen molar-refractivity contribution in [3.8, 4) is 5.69 Å². The topological polar surface area (TPSA) is 71.8 Å². The first-order valence-electron chi connectivity index (χ1n) is 11.3. The Labute approximate surface area is 199 Å². The molecule has 2 aliphatic rings. The molecular formula is C26H27N3O4S. The van der Waals surface area contributed by atoms with Crippen LogP contribution in [0.15, 0.2) is 59.5 Å². The lowest BCUT2D eigenvalue weighted by Crippen LogP contribution is -2.40. The molecule has 34 heavy (non-hydrogen) atoms. The Hall–Kier alpha value is -3.20. The molecular weight excluding hydrogens is 450 g/mol. The van der Waals surface area contributed by atoms with Crippen LogP contribution in [0, 0.1) is 13.8 Å². The van der Waals surface area contributed by atoms with Crippen molar-refractivity contribution in [3.05, 3.63) is 77.1 Å². The second-order valence-electron chi connectivity index (χ2n) is 8.62. The van der Waals surface area contributed by atoms with Crippen LogP contribution in [0.5, 0.6) is 0 Å². The molecule has 0 aliphatic carbocycles. The molecule has 1 saturated heterocycles. The van der Waals surface area contributed by atoms with E-state index in [2.05, 4.69) is 10.6 Å². The van der Waals surface area contributed by atoms with Crippen LogP contribution < -0.4 is 4.90 Å². The molecule has 2 aliphatic heterocycles. The van der Waals surface area contributed by atoms with Crippen LogP contribution in [0.1, 0.15) is 22.5 Å². The van der Waals surface area contributed by atoms with Crippen molar-refractivity contribution in [3.63, 3.8) is 0 Å². The van der Waals surface area contributed by atoms with E-state index < -0.39 is 10.0 Å². The smallest absolute Gasteiger partial charge is 0.258 e. The van der Waals surface area contributed by atoms with Gasteiger partial charge in [-0.05, 0) is 61.9 Å². The average molecular weight is 478 g/mol. The molecule has 0 radical (unpaired) electrons. The molecule has 3 heterocycles. The van der Waals surface area contributed by atoms with E-state index in [4.69, 9.17) is 4.74 Å². The molecule has 7 nitrogen and oxygen atoms in total. The third-order valence-corrected chi connectivity index (χ3v) is 8.44. The van der Waals surface area contributed by atoms with E-state index in [1.807, 2.05) is 50.3 Å². The monoisotopic (exact) mass is 477 g/mol. The predicted molar refractivity (Wildman–Crippen MR) is 133 cm³/mol. The van der Waals surface area contributed by atoms with E-state index in [9.17, 15) is 13.2 Å². The Morgan fingerprint density at radius 3 is 2.38 bits per heavy atom. The van der Waals surface area contributed by atoms with Crippen molar-refractivity contribution in [2.75, 3.05) is 38.3 Å². The van der Waals surface area contributed by atoms with Crippen molar-refractivity contribution in [1.29, 1.82) is 0 Å². The quantitative estimate of drug-likeness (QED) is 0.538. The highest BCUT2D eigenvalue weighted by molar-refractivity contribution is 7.89. The number of hydrogen-bond donors (Lipinski definition) is 0. The number of morpholine rings is 1. The number of nitrogens with zero attached hydrogens (tertiary/aromatic N) is 3. The van der Waals surface area contributed by atoms with Gasteiger partial charge in [-0.3, -0.25) is 4.79 Å². The summed E-state index contributed by atoms with van der Waals surface area (Å²) in [7, 11) is -1.96. The number of ether oxygens (including phenoxy) is 1. The molecule has 0 spiro atoms. The largest absolute Gasteiger partial charge is 0.379 e. The maximum atomic E-state index is 13.2. The molecule has 0 N–H and O–H groups in total. The van der Waals surface area contributed by atoms with Gasteiger partial charge < -0.3 is 14.2 Å². The number of likely N-dealkylation sites (N-methyl/N-ethyl adjacent to an activating group) is 1. The normalized spacial score (nSPS) is 18.0. The second kappa shape index (κ2) is 8.54. The van der Waals surface area contributed by atoms with Crippen LogP contribution in [0.2, 0.25) is 0 Å². The average Bonchev–Trinajstić information content (AvgIpc) is 3.27. The summed E-state index contributed by atoms with van der Waals surface area (Å²) in [6, 6.07) is 17.0. The Morgan fingerprint density at radius 1 is 0.971 bits per heavy atom. The molecule has 5 rings (SSSR count). The summed E-state index contributed by atoms with van der Waals surface area (Å²) >= 11 is 0. The lowest BCUT2D eigenvalue weighted by atomic mass is 10.0. The summed E-state index contributed by atoms with van der Waals surface area (Å²) in [5.74, 6) is -0.152. The first kappa shape index (κ1) is 22.6. The first-order chi connectivity index (χ1) is 16.3. The summed E-state index contributed by atoms with van der Waals surface area (Å²) in [5.41, 5.74) is 5.87. The number of carbonyl (C=O) groups is 1. The van der Waals surface area contributed by atoms with Crippen molar-refractivity contribution >= 4 is 33.3 Å². The number of aryl methyl sites for hydroxylation is 1. The van der Waals surface area contributed by atoms with Crippen LogP contribution in [0.4, 0.5) is 5.69 Å². The molecule has 1 amide bonds. The Bertz CT molecular complexity index is 1400. The predicted octanol–water partition coefficient (Wildman–Crippen LogP) is 3.63. The van der Waals surface area contributed by atoms with Crippen molar-refractivity contribution in [2.24, 2.45) is 0 Å². The molecule has 0 bridgehead atoms. The molecule has 0 saturated carbocycles. The van der Waals surface area contributed by atoms with Crippen LogP contribution in [-0.2, 0) is 19.6 Å². The summed E-state index contributed by atoms with van der Waals surface area (Å²) in [6.07, 6.45) is 1.87. The summed E-state index contributed by atoms with van der Waals surface area (Å²) < 4.78 is 35.3. The fourth-order valence-electron chi connectivity index (χ4n) is 4.73. The first-order valence-corrected chi connectivity index (χ1v) is 12.7. The van der Waals surface area contributed by atoms with Crippen LogP contribution in [0.25, 0.3) is 17.3 Å². The van der Waals surface area contributed by atoms with Gasteiger partial charge in [0.05, 0.1) is 23.8 Å². The van der Waals surface area contributed by atoms with Crippen LogP contribution in [0.3, 0.4) is 0 Å². The SMILES string of the molecule is Cc1cc(C=C2C(=O)N(C)c3ccc(S(=O)(=O)N4CCOCC4)cc32)c(C)n1-c1ccccc1. The lowest BCUT2D eigenvalue weighted by Gasteiger charge is -2.26. The van der Waals surface area contributed by atoms with Gasteiger partial charge in [0.25, 0.3) is 5.91 Å². The number of hydrogen-bond acceptors (Lipinski definition) is 4. The van der Waals surface area contributed by atoms with Gasteiger partial charge in [-0.2, -0.15) is 4.31 Å². The number of aromatic nitrogens is 1. The van der Waals surface area contributed by atoms with Crippen LogP contribution >= 0.6 is 0 Å². The van der Waals surface area contributed by atoms with E-state index in [1.165, 1.54) is 4.31 Å². The Morgan fingerprint density at radius 2 is 1.68 bits per heavy atom. The zero-order chi connectivity index (χ0) is 24.0. The maximum absolute atomic E-state index is 13.2. The van der Waals surface area contributed by atoms with Gasteiger partial charge in [0.2, 0.25) is 10.0 Å². The Kier molecular flexibility index (Phi) is 5.67. The number of para-hydroxylation sites is 1. The molecule has 3 aromatic rings. The van der Waals surface area contributed by atoms with E-state index in [1.54, 1.807) is 30.1 Å². The summed E-state index contributed by atoms with van der Waals surface area (Å²) in [4.78, 5) is 14.9. The van der Waals surface area contributed by atoms with Crippen molar-refractivity contribution < 1.29 is 17.9 Å². The molecule has 1 fully saturated rings. The molecule has 2 aromatic carbocycles. The molecule has 0 unspecified atom stereocenters. The number of fused-ring (bicyclic) bond motifs is 1. The molecule has 8 heteroatoms. The van der Waals surface area contributed by atoms with Gasteiger partial charge in [0.1, 0.15) is 0 Å². The van der Waals surface area contributed by atoms with Gasteiger partial charge in [-0.15, -0.1) is 0 Å². The fraction of sp³-hybridized carbons (Fsp3) is 0.269. The van der Waals surface area contributed by atoms with Gasteiger partial charge in [-0.25, -0.2) is 8.42 Å². The minimum atomic E-state index is -3.67.